The minimum absolute atomic E-state index is 0.0553. The monoisotopic (exact) mass is 464 g/mol. The van der Waals surface area contributed by atoms with Gasteiger partial charge in [-0.1, -0.05) is 35.9 Å². The van der Waals surface area contributed by atoms with Crippen LogP contribution in [0.15, 0.2) is 71.1 Å². The molecule has 0 saturated carbocycles. The average Bonchev–Trinajstić information content (AvgIpc) is 2.78. The van der Waals surface area contributed by atoms with Gasteiger partial charge in [0.2, 0.25) is 0 Å². The molecule has 2 aliphatic rings. The van der Waals surface area contributed by atoms with E-state index in [9.17, 15) is 9.59 Å². The Kier molecular flexibility index (Phi) is 6.61. The summed E-state index contributed by atoms with van der Waals surface area (Å²) in [7, 11) is 3.96. The van der Waals surface area contributed by atoms with E-state index in [0.29, 0.717) is 29.0 Å². The molecule has 2 aromatic rings. The molecule has 5 nitrogen and oxygen atoms in total. The first-order valence-corrected chi connectivity index (χ1v) is 11.6. The number of esters is 1. The van der Waals surface area contributed by atoms with Crippen LogP contribution in [-0.4, -0.2) is 32.5 Å². The molecule has 0 saturated heterocycles. The molecule has 2 atom stereocenters. The molecule has 0 aromatic heterocycles. The summed E-state index contributed by atoms with van der Waals surface area (Å²) < 4.78 is 5.39. The molecule has 2 unspecified atom stereocenters. The van der Waals surface area contributed by atoms with E-state index in [1.807, 2.05) is 74.4 Å². The predicted octanol–water partition coefficient (Wildman–Crippen LogP) is 5.33. The SMILES string of the molecule is CCOC(=O)C1=C(C)NC2=C(C(=O)CC(c3ccc(Cl)cc3)C2)C1c1ccc(N(C)C)cc1. The predicted molar refractivity (Wildman–Crippen MR) is 131 cm³/mol. The lowest BCUT2D eigenvalue weighted by Gasteiger charge is -2.36. The van der Waals surface area contributed by atoms with Crippen molar-refractivity contribution in [3.8, 4) is 0 Å². The molecule has 172 valence electrons. The van der Waals surface area contributed by atoms with Crippen LogP contribution < -0.4 is 10.2 Å². The number of dihydropyridines is 1. The molecule has 33 heavy (non-hydrogen) atoms. The Morgan fingerprint density at radius 3 is 2.30 bits per heavy atom. The lowest BCUT2D eigenvalue weighted by atomic mass is 9.71. The maximum absolute atomic E-state index is 13.6. The van der Waals surface area contributed by atoms with Crippen molar-refractivity contribution in [1.82, 2.24) is 5.32 Å². The third-order valence-corrected chi connectivity index (χ3v) is 6.66. The Morgan fingerprint density at radius 2 is 1.70 bits per heavy atom. The van der Waals surface area contributed by atoms with Crippen LogP contribution in [0.5, 0.6) is 0 Å². The molecule has 1 heterocycles. The summed E-state index contributed by atoms with van der Waals surface area (Å²) >= 11 is 6.06. The summed E-state index contributed by atoms with van der Waals surface area (Å²) in [5.74, 6) is -0.715. The number of ketones is 1. The number of carbonyl (C=O) groups excluding carboxylic acids is 2. The van der Waals surface area contributed by atoms with Gasteiger partial charge in [0.05, 0.1) is 12.2 Å². The highest BCUT2D eigenvalue weighted by atomic mass is 35.5. The number of nitrogens with one attached hydrogen (secondary N) is 1. The highest BCUT2D eigenvalue weighted by molar-refractivity contribution is 6.30. The van der Waals surface area contributed by atoms with Crippen LogP contribution in [0.25, 0.3) is 0 Å². The Labute approximate surface area is 200 Å². The molecule has 1 aliphatic carbocycles. The number of hydrogen-bond acceptors (Lipinski definition) is 5. The molecule has 6 heteroatoms. The highest BCUT2D eigenvalue weighted by Gasteiger charge is 2.41. The Balaban J connectivity index is 1.78. The summed E-state index contributed by atoms with van der Waals surface area (Å²) in [6.07, 6.45) is 1.09. The van der Waals surface area contributed by atoms with Crippen molar-refractivity contribution in [2.75, 3.05) is 25.6 Å². The van der Waals surface area contributed by atoms with Gasteiger partial charge in [-0.15, -0.1) is 0 Å². The smallest absolute Gasteiger partial charge is 0.336 e. The third-order valence-electron chi connectivity index (χ3n) is 6.41. The maximum Gasteiger partial charge on any atom is 0.336 e. The minimum atomic E-state index is -0.449. The Morgan fingerprint density at radius 1 is 1.06 bits per heavy atom. The largest absolute Gasteiger partial charge is 0.463 e. The molecule has 0 amide bonds. The van der Waals surface area contributed by atoms with E-state index in [4.69, 9.17) is 16.3 Å². The second kappa shape index (κ2) is 9.44. The maximum atomic E-state index is 13.6. The fourth-order valence-corrected chi connectivity index (χ4v) is 4.91. The number of hydrogen-bond donors (Lipinski definition) is 1. The number of Topliss-reactive ketones (excluding diaryl/α,β-unsaturated/α-hetero) is 1. The van der Waals surface area contributed by atoms with Gasteiger partial charge in [-0.25, -0.2) is 4.79 Å². The van der Waals surface area contributed by atoms with E-state index >= 15 is 0 Å². The highest BCUT2D eigenvalue weighted by Crippen LogP contribution is 2.46. The second-order valence-corrected chi connectivity index (χ2v) is 9.21. The van der Waals surface area contributed by atoms with Crippen molar-refractivity contribution in [1.29, 1.82) is 0 Å². The van der Waals surface area contributed by atoms with Gasteiger partial charge < -0.3 is 15.0 Å². The first-order chi connectivity index (χ1) is 15.8. The van der Waals surface area contributed by atoms with Crippen LogP contribution in [0.4, 0.5) is 5.69 Å². The third kappa shape index (κ3) is 4.55. The van der Waals surface area contributed by atoms with Gasteiger partial charge in [0.25, 0.3) is 0 Å². The van der Waals surface area contributed by atoms with Crippen molar-refractivity contribution in [2.24, 2.45) is 0 Å². The van der Waals surface area contributed by atoms with Gasteiger partial charge in [0, 0.05) is 54.1 Å². The van der Waals surface area contributed by atoms with Crippen molar-refractivity contribution < 1.29 is 14.3 Å². The van der Waals surface area contributed by atoms with Crippen LogP contribution in [0.3, 0.4) is 0 Å². The first kappa shape index (κ1) is 23.1. The zero-order valence-corrected chi connectivity index (χ0v) is 20.2. The molecule has 4 rings (SSSR count). The van der Waals surface area contributed by atoms with E-state index in [1.54, 1.807) is 6.92 Å². The van der Waals surface area contributed by atoms with Gasteiger partial charge in [-0.05, 0) is 61.6 Å². The normalized spacial score (nSPS) is 20.3. The topological polar surface area (TPSA) is 58.6 Å². The quantitative estimate of drug-likeness (QED) is 0.606. The lowest BCUT2D eigenvalue weighted by molar-refractivity contribution is -0.138. The number of rotatable bonds is 5. The van der Waals surface area contributed by atoms with Crippen molar-refractivity contribution in [2.45, 2.75) is 38.5 Å². The lowest BCUT2D eigenvalue weighted by Crippen LogP contribution is -2.36. The van der Waals surface area contributed by atoms with Crippen LogP contribution >= 0.6 is 11.6 Å². The number of carbonyl (C=O) groups is 2. The summed E-state index contributed by atoms with van der Waals surface area (Å²) in [5, 5.41) is 4.06. The summed E-state index contributed by atoms with van der Waals surface area (Å²) in [6, 6.07) is 15.7. The standard InChI is InChI=1S/C27H29ClN2O3/c1-5-33-27(32)24-16(2)29-22-14-19(17-6-10-20(28)11-7-17)15-23(31)26(22)25(24)18-8-12-21(13-9-18)30(3)4/h6-13,19,25,29H,5,14-15H2,1-4H3. The van der Waals surface area contributed by atoms with Gasteiger partial charge in [0.15, 0.2) is 5.78 Å². The second-order valence-electron chi connectivity index (χ2n) is 8.78. The minimum Gasteiger partial charge on any atom is -0.463 e. The fraction of sp³-hybridized carbons (Fsp3) is 0.333. The molecule has 0 bridgehead atoms. The molecular formula is C27H29ClN2O3. The summed E-state index contributed by atoms with van der Waals surface area (Å²) in [5.41, 5.74) is 5.86. The molecule has 2 aromatic carbocycles. The Bertz CT molecular complexity index is 1130. The van der Waals surface area contributed by atoms with E-state index in [2.05, 4.69) is 5.32 Å². The van der Waals surface area contributed by atoms with Gasteiger partial charge in [0.1, 0.15) is 0 Å². The zero-order chi connectivity index (χ0) is 23.7. The van der Waals surface area contributed by atoms with Gasteiger partial charge in [-0.2, -0.15) is 0 Å². The number of halogens is 1. The number of anilines is 1. The number of allylic oxidation sites excluding steroid dienone is 3. The van der Waals surface area contributed by atoms with Crippen LogP contribution in [-0.2, 0) is 14.3 Å². The zero-order valence-electron chi connectivity index (χ0n) is 19.4. The van der Waals surface area contributed by atoms with Crippen LogP contribution in [0, 0.1) is 0 Å². The first-order valence-electron chi connectivity index (χ1n) is 11.2. The summed E-state index contributed by atoms with van der Waals surface area (Å²) in [6.45, 7) is 3.95. The molecular weight excluding hydrogens is 436 g/mol. The summed E-state index contributed by atoms with van der Waals surface area (Å²) in [4.78, 5) is 28.6. The number of benzene rings is 2. The molecule has 0 radical (unpaired) electrons. The molecule has 1 aliphatic heterocycles. The van der Waals surface area contributed by atoms with Crippen molar-refractivity contribution in [3.63, 3.8) is 0 Å². The van der Waals surface area contributed by atoms with E-state index in [1.165, 1.54) is 0 Å². The number of nitrogens with zero attached hydrogens (tertiary/aromatic N) is 1. The number of ether oxygens (including phenoxy) is 1. The Hall–Kier alpha value is -3.05. The van der Waals surface area contributed by atoms with Crippen LogP contribution in [0.1, 0.15) is 49.7 Å². The molecule has 1 N–H and O–H groups in total. The molecule has 0 spiro atoms. The molecule has 0 fully saturated rings. The van der Waals surface area contributed by atoms with Gasteiger partial charge >= 0.3 is 5.97 Å². The van der Waals surface area contributed by atoms with Crippen molar-refractivity contribution >= 4 is 29.0 Å². The fourth-order valence-electron chi connectivity index (χ4n) is 4.79. The van der Waals surface area contributed by atoms with E-state index in [0.717, 1.165) is 28.2 Å². The van der Waals surface area contributed by atoms with Crippen LogP contribution in [0.2, 0.25) is 5.02 Å². The van der Waals surface area contributed by atoms with Crippen molar-refractivity contribution in [3.05, 3.63) is 87.2 Å². The average molecular weight is 465 g/mol. The van der Waals surface area contributed by atoms with E-state index < -0.39 is 5.92 Å². The van der Waals surface area contributed by atoms with Gasteiger partial charge in [-0.3, -0.25) is 4.79 Å². The van der Waals surface area contributed by atoms with E-state index in [-0.39, 0.29) is 24.3 Å².